The first-order chi connectivity index (χ1) is 9.65. The zero-order valence-electron chi connectivity index (χ0n) is 11.2. The number of nitrogen functional groups attached to an aromatic ring is 1. The third-order valence-electron chi connectivity index (χ3n) is 3.67. The summed E-state index contributed by atoms with van der Waals surface area (Å²) in [6.07, 6.45) is 11.1. The smallest absolute Gasteiger partial charge is 0.266 e. The Morgan fingerprint density at radius 3 is 3.05 bits per heavy atom. The summed E-state index contributed by atoms with van der Waals surface area (Å²) in [6, 6.07) is 3.55. The van der Waals surface area contributed by atoms with E-state index in [9.17, 15) is 4.79 Å². The largest absolute Gasteiger partial charge is 0.383 e. The molecule has 0 bridgehead atoms. The van der Waals surface area contributed by atoms with Crippen molar-refractivity contribution in [1.29, 1.82) is 0 Å². The van der Waals surface area contributed by atoms with Crippen LogP contribution in [0, 0.1) is 5.92 Å². The quantitative estimate of drug-likeness (QED) is 0.778. The number of aromatic nitrogens is 2. The fraction of sp³-hybridized carbons (Fsp3) is 0.250. The first kappa shape index (κ1) is 12.7. The summed E-state index contributed by atoms with van der Waals surface area (Å²) in [7, 11) is 0. The number of nitrogens with zero attached hydrogens (tertiary/aromatic N) is 2. The van der Waals surface area contributed by atoms with E-state index in [4.69, 9.17) is 5.73 Å². The van der Waals surface area contributed by atoms with Crippen molar-refractivity contribution in [3.63, 3.8) is 0 Å². The van der Waals surface area contributed by atoms with Crippen LogP contribution in [0.15, 0.2) is 35.3 Å². The second-order valence-electron chi connectivity index (χ2n) is 5.19. The molecule has 0 spiro atoms. The van der Waals surface area contributed by atoms with Gasteiger partial charge in [0.05, 0.1) is 5.22 Å². The molecule has 2 heterocycles. The van der Waals surface area contributed by atoms with Crippen LogP contribution in [0.1, 0.15) is 19.3 Å². The van der Waals surface area contributed by atoms with Crippen molar-refractivity contribution in [3.8, 4) is 0 Å². The fourth-order valence-corrected chi connectivity index (χ4v) is 2.57. The molecule has 0 aromatic carbocycles. The Labute approximate surface area is 116 Å². The van der Waals surface area contributed by atoms with E-state index in [2.05, 4.69) is 23.7 Å². The van der Waals surface area contributed by atoms with Crippen LogP contribution in [0.2, 0.25) is 0 Å². The topological polar surface area (TPSA) is 60.4 Å². The Kier molecular flexibility index (Phi) is 3.14. The molecule has 1 atom stereocenters. The van der Waals surface area contributed by atoms with Gasteiger partial charge in [0.25, 0.3) is 5.56 Å². The van der Waals surface area contributed by atoms with Gasteiger partial charge in [-0.1, -0.05) is 24.8 Å². The van der Waals surface area contributed by atoms with Gasteiger partial charge in [0, 0.05) is 6.20 Å². The first-order valence-electron chi connectivity index (χ1n) is 6.79. The number of allylic oxidation sites excluding steroid dienone is 2. The molecule has 4 nitrogen and oxygen atoms in total. The molecule has 2 aromatic rings. The lowest BCUT2D eigenvalue weighted by atomic mass is 9.93. The molecule has 4 heteroatoms. The van der Waals surface area contributed by atoms with E-state index < -0.39 is 0 Å². The van der Waals surface area contributed by atoms with Crippen molar-refractivity contribution in [2.24, 2.45) is 5.92 Å². The fourth-order valence-electron chi connectivity index (χ4n) is 2.57. The molecule has 102 valence electrons. The summed E-state index contributed by atoms with van der Waals surface area (Å²) in [5.74, 6) is 0.664. The average Bonchev–Trinajstić information content (AvgIpc) is 2.44. The molecule has 2 aromatic heterocycles. The highest BCUT2D eigenvalue weighted by Gasteiger charge is 2.09. The van der Waals surface area contributed by atoms with E-state index in [1.54, 1.807) is 18.3 Å². The molecular formula is C16H17N3O. The molecular weight excluding hydrogens is 250 g/mol. The lowest BCUT2D eigenvalue weighted by molar-refractivity contribution is 0.611. The van der Waals surface area contributed by atoms with Gasteiger partial charge >= 0.3 is 0 Å². The summed E-state index contributed by atoms with van der Waals surface area (Å²) in [5, 5.41) is 1.32. The molecule has 2 N–H and O–H groups in total. The zero-order chi connectivity index (χ0) is 14.1. The number of rotatable bonds is 1. The average molecular weight is 267 g/mol. The van der Waals surface area contributed by atoms with Crippen LogP contribution in [0.4, 0.5) is 5.82 Å². The summed E-state index contributed by atoms with van der Waals surface area (Å²) < 4.78 is 1.52. The summed E-state index contributed by atoms with van der Waals surface area (Å²) >= 11 is 0. The minimum absolute atomic E-state index is 0.109. The number of fused-ring (bicyclic) bond motifs is 1. The molecule has 1 aliphatic carbocycles. The first-order valence-corrected chi connectivity index (χ1v) is 6.79. The van der Waals surface area contributed by atoms with Crippen LogP contribution >= 0.6 is 0 Å². The van der Waals surface area contributed by atoms with Crippen molar-refractivity contribution in [2.75, 3.05) is 5.73 Å². The van der Waals surface area contributed by atoms with Crippen LogP contribution < -0.4 is 21.7 Å². The number of pyridine rings is 1. The van der Waals surface area contributed by atoms with Gasteiger partial charge in [-0.05, 0) is 42.5 Å². The van der Waals surface area contributed by atoms with Gasteiger partial charge in [0.1, 0.15) is 11.5 Å². The number of hydrogen-bond acceptors (Lipinski definition) is 3. The maximum Gasteiger partial charge on any atom is 0.266 e. The van der Waals surface area contributed by atoms with E-state index in [1.165, 1.54) is 4.40 Å². The summed E-state index contributed by atoms with van der Waals surface area (Å²) in [6.45, 7) is 3.83. The highest BCUT2D eigenvalue weighted by Crippen LogP contribution is 2.19. The van der Waals surface area contributed by atoms with Crippen LogP contribution in [-0.2, 0) is 0 Å². The normalized spacial score (nSPS) is 19.6. The van der Waals surface area contributed by atoms with Gasteiger partial charge in [-0.3, -0.25) is 9.20 Å². The van der Waals surface area contributed by atoms with E-state index in [1.807, 2.05) is 6.08 Å². The minimum Gasteiger partial charge on any atom is -0.383 e. The Morgan fingerprint density at radius 1 is 1.45 bits per heavy atom. The van der Waals surface area contributed by atoms with Crippen molar-refractivity contribution in [3.05, 3.63) is 51.3 Å². The molecule has 0 fully saturated rings. The van der Waals surface area contributed by atoms with E-state index in [0.717, 1.165) is 24.5 Å². The Hall–Kier alpha value is -2.36. The van der Waals surface area contributed by atoms with E-state index in [-0.39, 0.29) is 5.56 Å². The highest BCUT2D eigenvalue weighted by molar-refractivity contribution is 5.48. The van der Waals surface area contributed by atoms with Gasteiger partial charge in [-0.2, -0.15) is 0 Å². The number of anilines is 1. The van der Waals surface area contributed by atoms with Crippen molar-refractivity contribution in [2.45, 2.75) is 19.3 Å². The van der Waals surface area contributed by atoms with Gasteiger partial charge < -0.3 is 5.73 Å². The monoisotopic (exact) mass is 267 g/mol. The lowest BCUT2D eigenvalue weighted by Gasteiger charge is -2.13. The van der Waals surface area contributed by atoms with Gasteiger partial charge in [0.2, 0.25) is 0 Å². The standard InChI is InChI=1S/C16H17N3O/c1-11-7-8-19-14(9-11)18-15(17)13(16(19)20)10-12-5-3-2-4-6-12/h2-3,7-10,12H,1,4-6H2,(H2,17,18). The van der Waals surface area contributed by atoms with Crippen molar-refractivity contribution < 1.29 is 0 Å². The number of hydrogen-bond donors (Lipinski definition) is 1. The molecule has 0 amide bonds. The predicted molar refractivity (Wildman–Crippen MR) is 81.6 cm³/mol. The Bertz CT molecular complexity index is 848. The van der Waals surface area contributed by atoms with Crippen LogP contribution in [0.5, 0.6) is 0 Å². The van der Waals surface area contributed by atoms with Crippen LogP contribution in [-0.4, -0.2) is 9.38 Å². The Morgan fingerprint density at radius 2 is 2.30 bits per heavy atom. The summed E-state index contributed by atoms with van der Waals surface area (Å²) in [4.78, 5) is 16.8. The minimum atomic E-state index is -0.109. The van der Waals surface area contributed by atoms with Crippen molar-refractivity contribution in [1.82, 2.24) is 9.38 Å². The second kappa shape index (κ2) is 4.96. The van der Waals surface area contributed by atoms with Crippen molar-refractivity contribution >= 4 is 24.1 Å². The molecule has 0 radical (unpaired) electrons. The van der Waals surface area contributed by atoms with Gasteiger partial charge in [-0.25, -0.2) is 4.98 Å². The predicted octanol–water partition coefficient (Wildman–Crippen LogP) is 0.824. The molecule has 0 saturated heterocycles. The molecule has 20 heavy (non-hydrogen) atoms. The van der Waals surface area contributed by atoms with Crippen LogP contribution in [0.3, 0.4) is 0 Å². The molecule has 1 unspecified atom stereocenters. The summed E-state index contributed by atoms with van der Waals surface area (Å²) in [5.41, 5.74) is 6.39. The van der Waals surface area contributed by atoms with E-state index >= 15 is 0 Å². The maximum absolute atomic E-state index is 12.5. The molecule has 0 saturated carbocycles. The molecule has 3 rings (SSSR count). The van der Waals surface area contributed by atoms with Gasteiger partial charge in [0.15, 0.2) is 0 Å². The Balaban J connectivity index is 2.23. The molecule has 0 aliphatic heterocycles. The third-order valence-corrected chi connectivity index (χ3v) is 3.67. The second-order valence-corrected chi connectivity index (χ2v) is 5.19. The zero-order valence-corrected chi connectivity index (χ0v) is 11.2. The van der Waals surface area contributed by atoms with E-state index in [0.29, 0.717) is 22.6 Å². The highest BCUT2D eigenvalue weighted by atomic mass is 16.1. The van der Waals surface area contributed by atoms with Crippen LogP contribution in [0.25, 0.3) is 18.3 Å². The molecule has 1 aliphatic rings. The maximum atomic E-state index is 12.5. The third kappa shape index (κ3) is 2.25. The SMILES string of the molecule is C=c1ccn2c(=O)c(=CC3CC=CCC3)c(N)nc2c1. The lowest BCUT2D eigenvalue weighted by Crippen LogP contribution is -2.35. The number of nitrogens with two attached hydrogens (primary N) is 1. The van der Waals surface area contributed by atoms with Gasteiger partial charge in [-0.15, -0.1) is 0 Å².